The molecule has 3 heterocycles. The van der Waals surface area contributed by atoms with E-state index < -0.39 is 0 Å². The minimum absolute atomic E-state index is 0.236. The zero-order valence-electron chi connectivity index (χ0n) is 14.3. The summed E-state index contributed by atoms with van der Waals surface area (Å²) in [5.74, 6) is 0.587. The number of aromatic amines is 1. The average Bonchev–Trinajstić information content (AvgIpc) is 3.28. The summed E-state index contributed by atoms with van der Waals surface area (Å²) in [5, 5.41) is 15.2. The van der Waals surface area contributed by atoms with Gasteiger partial charge in [0.25, 0.3) is 0 Å². The first-order chi connectivity index (χ1) is 12.7. The van der Waals surface area contributed by atoms with Crippen molar-refractivity contribution in [3.05, 3.63) is 77.5 Å². The van der Waals surface area contributed by atoms with Crippen molar-refractivity contribution < 1.29 is 4.39 Å². The van der Waals surface area contributed by atoms with Gasteiger partial charge in [-0.1, -0.05) is 12.1 Å². The predicted octanol–water partition coefficient (Wildman–Crippen LogP) is 2.50. The van der Waals surface area contributed by atoms with E-state index in [1.165, 1.54) is 12.1 Å². The molecule has 4 aromatic rings. The molecule has 0 aliphatic carbocycles. The van der Waals surface area contributed by atoms with Crippen molar-refractivity contribution in [3.8, 4) is 0 Å². The number of nitrogens with zero attached hydrogens (tertiary/aromatic N) is 6. The minimum atomic E-state index is -0.236. The number of benzene rings is 1. The van der Waals surface area contributed by atoms with Crippen LogP contribution in [0.3, 0.4) is 0 Å². The van der Waals surface area contributed by atoms with Crippen LogP contribution in [0, 0.1) is 12.7 Å². The van der Waals surface area contributed by atoms with Gasteiger partial charge >= 0.3 is 0 Å². The van der Waals surface area contributed by atoms with Gasteiger partial charge in [-0.15, -0.1) is 10.2 Å². The van der Waals surface area contributed by atoms with Gasteiger partial charge in [-0.05, 0) is 24.6 Å². The molecule has 7 nitrogen and oxygen atoms in total. The number of halogens is 1. The lowest BCUT2D eigenvalue weighted by atomic mass is 10.2. The maximum absolute atomic E-state index is 13.2. The van der Waals surface area contributed by atoms with Gasteiger partial charge in [0.15, 0.2) is 5.65 Å². The van der Waals surface area contributed by atoms with Gasteiger partial charge in [0.2, 0.25) is 0 Å². The molecule has 4 rings (SSSR count). The van der Waals surface area contributed by atoms with E-state index in [1.807, 2.05) is 23.7 Å². The van der Waals surface area contributed by atoms with E-state index in [2.05, 4.69) is 30.3 Å². The molecule has 0 spiro atoms. The second-order valence-corrected chi connectivity index (χ2v) is 6.19. The Morgan fingerprint density at radius 3 is 2.65 bits per heavy atom. The van der Waals surface area contributed by atoms with Crippen LogP contribution in [0.5, 0.6) is 0 Å². The van der Waals surface area contributed by atoms with Crippen molar-refractivity contribution in [2.75, 3.05) is 0 Å². The third kappa shape index (κ3) is 3.45. The van der Waals surface area contributed by atoms with Crippen LogP contribution in [-0.4, -0.2) is 34.7 Å². The van der Waals surface area contributed by atoms with Crippen LogP contribution in [0.4, 0.5) is 4.39 Å². The van der Waals surface area contributed by atoms with Crippen LogP contribution in [0.25, 0.3) is 5.65 Å². The number of hydrogen-bond donors (Lipinski definition) is 1. The molecule has 132 valence electrons. The number of H-pyrrole nitrogens is 1. The van der Waals surface area contributed by atoms with E-state index in [4.69, 9.17) is 0 Å². The fraction of sp³-hybridized carbons (Fsp3) is 0.222. The molecule has 3 aromatic heterocycles. The number of nitrogens with one attached hydrogen (secondary N) is 1. The molecule has 0 atom stereocenters. The number of fused-ring (bicyclic) bond motifs is 1. The van der Waals surface area contributed by atoms with Crippen LogP contribution in [0.2, 0.25) is 0 Å². The van der Waals surface area contributed by atoms with Crippen LogP contribution >= 0.6 is 0 Å². The summed E-state index contributed by atoms with van der Waals surface area (Å²) in [7, 11) is 0. The molecule has 1 aromatic carbocycles. The molecule has 8 heteroatoms. The predicted molar refractivity (Wildman–Crippen MR) is 93.5 cm³/mol. The molecule has 0 radical (unpaired) electrons. The van der Waals surface area contributed by atoms with E-state index in [9.17, 15) is 4.39 Å². The second-order valence-electron chi connectivity index (χ2n) is 6.19. The highest BCUT2D eigenvalue weighted by atomic mass is 19.1. The number of aromatic nitrogens is 6. The molecule has 0 bridgehead atoms. The second kappa shape index (κ2) is 7.01. The summed E-state index contributed by atoms with van der Waals surface area (Å²) in [5.41, 5.74) is 3.69. The average molecular weight is 351 g/mol. The highest BCUT2D eigenvalue weighted by molar-refractivity contribution is 5.43. The first-order valence-electron chi connectivity index (χ1n) is 8.29. The topological polar surface area (TPSA) is 75.0 Å². The fourth-order valence-corrected chi connectivity index (χ4v) is 2.95. The van der Waals surface area contributed by atoms with Gasteiger partial charge in [-0.2, -0.15) is 5.10 Å². The lowest BCUT2D eigenvalue weighted by Gasteiger charge is -2.21. The van der Waals surface area contributed by atoms with Crippen molar-refractivity contribution >= 4 is 5.65 Å². The zero-order chi connectivity index (χ0) is 17.9. The quantitative estimate of drug-likeness (QED) is 0.578. The van der Waals surface area contributed by atoms with Gasteiger partial charge in [0.05, 0.1) is 11.9 Å². The Labute approximate surface area is 149 Å². The molecular formula is C18H18FN7. The molecule has 1 N–H and O–H groups in total. The van der Waals surface area contributed by atoms with Crippen molar-refractivity contribution in [3.63, 3.8) is 0 Å². The van der Waals surface area contributed by atoms with Gasteiger partial charge < -0.3 is 0 Å². The van der Waals surface area contributed by atoms with E-state index >= 15 is 0 Å². The molecule has 0 saturated carbocycles. The number of rotatable bonds is 6. The highest BCUT2D eigenvalue weighted by Crippen LogP contribution is 2.15. The summed E-state index contributed by atoms with van der Waals surface area (Å²) >= 11 is 0. The largest absolute Gasteiger partial charge is 0.289 e. The van der Waals surface area contributed by atoms with Crippen LogP contribution < -0.4 is 0 Å². The zero-order valence-corrected chi connectivity index (χ0v) is 14.3. The van der Waals surface area contributed by atoms with Crippen LogP contribution in [0.15, 0.2) is 49.1 Å². The molecule has 0 amide bonds. The summed E-state index contributed by atoms with van der Waals surface area (Å²) in [4.78, 5) is 6.71. The van der Waals surface area contributed by atoms with Gasteiger partial charge in [0, 0.05) is 43.8 Å². The standard InChI is InChI=1S/C18H18FN7/c1-13-23-24-18-17(20-6-7-26(13)18)12-25(11-15-8-21-22-9-15)10-14-2-4-16(19)5-3-14/h2-9H,10-12H2,1H3,(H,21,22). The summed E-state index contributed by atoms with van der Waals surface area (Å²) in [6, 6.07) is 6.55. The lowest BCUT2D eigenvalue weighted by Crippen LogP contribution is -2.23. The Hall–Kier alpha value is -3.13. The van der Waals surface area contributed by atoms with E-state index in [0.717, 1.165) is 28.3 Å². The number of aryl methyl sites for hydroxylation is 1. The first-order valence-corrected chi connectivity index (χ1v) is 8.29. The van der Waals surface area contributed by atoms with E-state index in [0.29, 0.717) is 19.6 Å². The number of hydrogen-bond acceptors (Lipinski definition) is 5. The minimum Gasteiger partial charge on any atom is -0.289 e. The Morgan fingerprint density at radius 2 is 1.88 bits per heavy atom. The Bertz CT molecular complexity index is 992. The fourth-order valence-electron chi connectivity index (χ4n) is 2.95. The van der Waals surface area contributed by atoms with Gasteiger partial charge in [-0.25, -0.2) is 4.39 Å². The Morgan fingerprint density at radius 1 is 1.08 bits per heavy atom. The molecule has 0 fully saturated rings. The maximum atomic E-state index is 13.2. The summed E-state index contributed by atoms with van der Waals surface area (Å²) < 4.78 is 15.1. The molecule has 0 aliphatic rings. The first kappa shape index (κ1) is 16.3. The molecule has 26 heavy (non-hydrogen) atoms. The van der Waals surface area contributed by atoms with Crippen LogP contribution in [-0.2, 0) is 19.6 Å². The van der Waals surface area contributed by atoms with Gasteiger partial charge in [-0.3, -0.25) is 19.4 Å². The van der Waals surface area contributed by atoms with Crippen molar-refractivity contribution in [2.24, 2.45) is 0 Å². The summed E-state index contributed by atoms with van der Waals surface area (Å²) in [6.07, 6.45) is 7.28. The molecule has 0 saturated heterocycles. The van der Waals surface area contributed by atoms with Crippen molar-refractivity contribution in [1.82, 2.24) is 34.7 Å². The van der Waals surface area contributed by atoms with Gasteiger partial charge in [0.1, 0.15) is 11.6 Å². The Balaban J connectivity index is 1.62. The third-order valence-electron chi connectivity index (χ3n) is 4.22. The van der Waals surface area contributed by atoms with Crippen molar-refractivity contribution in [1.29, 1.82) is 0 Å². The van der Waals surface area contributed by atoms with Crippen LogP contribution in [0.1, 0.15) is 22.6 Å². The Kier molecular flexibility index (Phi) is 4.40. The SMILES string of the molecule is Cc1nnc2c(CN(Cc3ccc(F)cc3)Cc3cn[nH]c3)nccn12. The molecular weight excluding hydrogens is 333 g/mol. The highest BCUT2D eigenvalue weighted by Gasteiger charge is 2.14. The summed E-state index contributed by atoms with van der Waals surface area (Å²) in [6.45, 7) is 3.83. The monoisotopic (exact) mass is 351 g/mol. The molecule has 0 aliphatic heterocycles. The lowest BCUT2D eigenvalue weighted by molar-refractivity contribution is 0.245. The smallest absolute Gasteiger partial charge is 0.183 e. The maximum Gasteiger partial charge on any atom is 0.183 e. The van der Waals surface area contributed by atoms with E-state index in [1.54, 1.807) is 24.5 Å². The molecule has 0 unspecified atom stereocenters. The normalized spacial score (nSPS) is 11.5. The van der Waals surface area contributed by atoms with Crippen molar-refractivity contribution in [2.45, 2.75) is 26.6 Å². The van der Waals surface area contributed by atoms with E-state index in [-0.39, 0.29) is 5.82 Å². The third-order valence-corrected chi connectivity index (χ3v) is 4.22.